The van der Waals surface area contributed by atoms with Crippen molar-refractivity contribution in [2.75, 3.05) is 25.6 Å². The fraction of sp³-hybridized carbons (Fsp3) is 0.667. The van der Waals surface area contributed by atoms with Crippen LogP contribution in [-0.4, -0.2) is 37.3 Å². The lowest BCUT2D eigenvalue weighted by Crippen LogP contribution is -2.15. The molecular formula is C12H18N2O3S. The van der Waals surface area contributed by atoms with Crippen molar-refractivity contribution in [2.45, 2.75) is 31.8 Å². The van der Waals surface area contributed by atoms with Crippen molar-refractivity contribution >= 4 is 22.4 Å². The third-order valence-electron chi connectivity index (χ3n) is 2.93. The average molecular weight is 270 g/mol. The summed E-state index contributed by atoms with van der Waals surface area (Å²) in [7, 11) is 1.37. The van der Waals surface area contributed by atoms with Crippen molar-refractivity contribution in [3.63, 3.8) is 0 Å². The van der Waals surface area contributed by atoms with Gasteiger partial charge in [-0.1, -0.05) is 24.2 Å². The highest BCUT2D eigenvalue weighted by molar-refractivity contribution is 7.17. The van der Waals surface area contributed by atoms with Crippen molar-refractivity contribution in [3.8, 4) is 0 Å². The molecule has 1 saturated carbocycles. The Morgan fingerprint density at radius 3 is 3.06 bits per heavy atom. The fourth-order valence-corrected chi connectivity index (χ4v) is 2.75. The van der Waals surface area contributed by atoms with Crippen LogP contribution in [0.4, 0.5) is 5.13 Å². The zero-order valence-electron chi connectivity index (χ0n) is 10.5. The first kappa shape index (κ1) is 13.3. The molecule has 1 heterocycles. The minimum atomic E-state index is -0.345. The number of methoxy groups -OCH3 is 1. The van der Waals surface area contributed by atoms with Crippen LogP contribution >= 0.6 is 11.3 Å². The van der Waals surface area contributed by atoms with Crippen LogP contribution in [0.2, 0.25) is 0 Å². The van der Waals surface area contributed by atoms with E-state index in [0.717, 1.165) is 5.13 Å². The van der Waals surface area contributed by atoms with Crippen LogP contribution in [0, 0.1) is 0 Å². The Kier molecular flexibility index (Phi) is 4.95. The number of nitrogens with zero attached hydrogens (tertiary/aromatic N) is 1. The van der Waals surface area contributed by atoms with E-state index in [-0.39, 0.29) is 5.97 Å². The van der Waals surface area contributed by atoms with Gasteiger partial charge in [0.25, 0.3) is 0 Å². The largest absolute Gasteiger partial charge is 0.465 e. The number of rotatable bonds is 6. The van der Waals surface area contributed by atoms with E-state index in [1.807, 2.05) is 0 Å². The summed E-state index contributed by atoms with van der Waals surface area (Å²) in [5.41, 5.74) is 0. The average Bonchev–Trinajstić information content (AvgIpc) is 3.05. The fourth-order valence-electron chi connectivity index (χ4n) is 1.99. The van der Waals surface area contributed by atoms with E-state index in [1.165, 1.54) is 50.3 Å². The molecule has 1 aliphatic carbocycles. The van der Waals surface area contributed by atoms with Crippen LogP contribution in [0.3, 0.4) is 0 Å². The van der Waals surface area contributed by atoms with E-state index >= 15 is 0 Å². The standard InChI is InChI=1S/C12H18N2O3S/c1-16-11(15)10-8-14-12(18-10)13-6-7-17-9-4-2-3-5-9/h8-9H,2-7H2,1H3,(H,13,14). The van der Waals surface area contributed by atoms with Crippen LogP contribution < -0.4 is 5.32 Å². The van der Waals surface area contributed by atoms with Crippen molar-refractivity contribution in [2.24, 2.45) is 0 Å². The number of hydrogen-bond acceptors (Lipinski definition) is 6. The molecule has 0 amide bonds. The summed E-state index contributed by atoms with van der Waals surface area (Å²) in [5.74, 6) is -0.345. The number of carbonyl (C=O) groups excluding carboxylic acids is 1. The monoisotopic (exact) mass is 270 g/mol. The molecule has 1 N–H and O–H groups in total. The van der Waals surface area contributed by atoms with E-state index < -0.39 is 0 Å². The molecule has 6 heteroatoms. The molecule has 18 heavy (non-hydrogen) atoms. The Morgan fingerprint density at radius 1 is 1.56 bits per heavy atom. The minimum Gasteiger partial charge on any atom is -0.465 e. The summed E-state index contributed by atoms with van der Waals surface area (Å²) in [5, 5.41) is 3.87. The highest BCUT2D eigenvalue weighted by atomic mass is 32.1. The number of anilines is 1. The molecule has 1 aromatic heterocycles. The van der Waals surface area contributed by atoms with Gasteiger partial charge in [0.2, 0.25) is 0 Å². The molecule has 1 aliphatic rings. The van der Waals surface area contributed by atoms with E-state index in [2.05, 4.69) is 15.0 Å². The van der Waals surface area contributed by atoms with Crippen LogP contribution in [0.5, 0.6) is 0 Å². The summed E-state index contributed by atoms with van der Waals surface area (Å²) in [6.45, 7) is 1.39. The molecule has 1 fully saturated rings. The quantitative estimate of drug-likeness (QED) is 0.635. The number of hydrogen-bond donors (Lipinski definition) is 1. The lowest BCUT2D eigenvalue weighted by Gasteiger charge is -2.10. The Hall–Kier alpha value is -1.14. The first-order valence-corrected chi connectivity index (χ1v) is 7.01. The number of nitrogens with one attached hydrogen (secondary N) is 1. The normalized spacial score (nSPS) is 15.8. The van der Waals surface area contributed by atoms with Crippen molar-refractivity contribution in [1.29, 1.82) is 0 Å². The van der Waals surface area contributed by atoms with Gasteiger partial charge in [-0.3, -0.25) is 0 Å². The SMILES string of the molecule is COC(=O)c1cnc(NCCOC2CCCC2)s1. The molecule has 0 atom stereocenters. The smallest absolute Gasteiger partial charge is 0.349 e. The van der Waals surface area contributed by atoms with Gasteiger partial charge in [-0.15, -0.1) is 0 Å². The van der Waals surface area contributed by atoms with Gasteiger partial charge in [-0.25, -0.2) is 9.78 Å². The van der Waals surface area contributed by atoms with Gasteiger partial charge >= 0.3 is 5.97 Å². The van der Waals surface area contributed by atoms with Gasteiger partial charge in [-0.2, -0.15) is 0 Å². The maximum Gasteiger partial charge on any atom is 0.349 e. The van der Waals surface area contributed by atoms with Crippen molar-refractivity contribution in [3.05, 3.63) is 11.1 Å². The van der Waals surface area contributed by atoms with E-state index in [1.54, 1.807) is 0 Å². The first-order chi connectivity index (χ1) is 8.79. The molecule has 0 radical (unpaired) electrons. The number of esters is 1. The molecule has 0 saturated heterocycles. The molecule has 5 nitrogen and oxygen atoms in total. The molecule has 100 valence electrons. The molecule has 0 aromatic carbocycles. The molecule has 0 bridgehead atoms. The number of ether oxygens (including phenoxy) is 2. The third kappa shape index (κ3) is 3.68. The maximum absolute atomic E-state index is 11.2. The highest BCUT2D eigenvalue weighted by Crippen LogP contribution is 2.21. The number of carbonyl (C=O) groups is 1. The first-order valence-electron chi connectivity index (χ1n) is 6.19. The minimum absolute atomic E-state index is 0.345. The lowest BCUT2D eigenvalue weighted by molar-refractivity contribution is 0.0606. The molecular weight excluding hydrogens is 252 g/mol. The predicted octanol–water partition coefficient (Wildman–Crippen LogP) is 2.30. The highest BCUT2D eigenvalue weighted by Gasteiger charge is 2.15. The van der Waals surface area contributed by atoms with Gasteiger partial charge < -0.3 is 14.8 Å². The Balaban J connectivity index is 1.66. The summed E-state index contributed by atoms with van der Waals surface area (Å²) in [6, 6.07) is 0. The Bertz CT molecular complexity index is 388. The molecule has 2 rings (SSSR count). The summed E-state index contributed by atoms with van der Waals surface area (Å²) < 4.78 is 10.3. The summed E-state index contributed by atoms with van der Waals surface area (Å²) in [6.07, 6.45) is 6.90. The second kappa shape index (κ2) is 6.70. The van der Waals surface area contributed by atoms with Crippen LogP contribution in [0.25, 0.3) is 0 Å². The molecule has 0 spiro atoms. The van der Waals surface area contributed by atoms with E-state index in [4.69, 9.17) is 4.74 Å². The van der Waals surface area contributed by atoms with Gasteiger partial charge in [0.1, 0.15) is 4.88 Å². The maximum atomic E-state index is 11.2. The lowest BCUT2D eigenvalue weighted by atomic mass is 10.3. The zero-order chi connectivity index (χ0) is 12.8. The third-order valence-corrected chi connectivity index (χ3v) is 3.86. The predicted molar refractivity (Wildman–Crippen MR) is 70.2 cm³/mol. The van der Waals surface area contributed by atoms with Gasteiger partial charge in [0, 0.05) is 6.54 Å². The van der Waals surface area contributed by atoms with E-state index in [0.29, 0.717) is 24.1 Å². The Morgan fingerprint density at radius 2 is 2.33 bits per heavy atom. The zero-order valence-corrected chi connectivity index (χ0v) is 11.3. The second-order valence-corrected chi connectivity index (χ2v) is 5.26. The van der Waals surface area contributed by atoms with Crippen LogP contribution in [-0.2, 0) is 9.47 Å². The van der Waals surface area contributed by atoms with E-state index in [9.17, 15) is 4.79 Å². The number of thiazole rings is 1. The summed E-state index contributed by atoms with van der Waals surface area (Å²) in [4.78, 5) is 15.8. The van der Waals surface area contributed by atoms with Crippen molar-refractivity contribution < 1.29 is 14.3 Å². The number of aromatic nitrogens is 1. The van der Waals surface area contributed by atoms with Crippen LogP contribution in [0.15, 0.2) is 6.20 Å². The molecule has 0 unspecified atom stereocenters. The van der Waals surface area contributed by atoms with Crippen molar-refractivity contribution in [1.82, 2.24) is 4.98 Å². The molecule has 1 aromatic rings. The Labute approximate surface area is 111 Å². The van der Waals surface area contributed by atoms with Gasteiger partial charge in [0.15, 0.2) is 5.13 Å². The van der Waals surface area contributed by atoms with Gasteiger partial charge in [0.05, 0.1) is 26.0 Å². The van der Waals surface area contributed by atoms with Gasteiger partial charge in [-0.05, 0) is 12.8 Å². The molecule has 0 aliphatic heterocycles. The van der Waals surface area contributed by atoms with Crippen LogP contribution in [0.1, 0.15) is 35.4 Å². The summed E-state index contributed by atoms with van der Waals surface area (Å²) >= 11 is 1.30. The topological polar surface area (TPSA) is 60.5 Å². The second-order valence-electron chi connectivity index (χ2n) is 4.23.